The van der Waals surface area contributed by atoms with Crippen LogP contribution in [0.1, 0.15) is 39.0 Å². The zero-order valence-corrected chi connectivity index (χ0v) is 7.01. The summed E-state index contributed by atoms with van der Waals surface area (Å²) in [6, 6.07) is 0. The molecule has 0 saturated heterocycles. The van der Waals surface area contributed by atoms with Gasteiger partial charge in [0, 0.05) is 17.4 Å². The van der Waals surface area contributed by atoms with E-state index in [-0.39, 0.29) is 0 Å². The van der Waals surface area contributed by atoms with Gasteiger partial charge in [-0.2, -0.15) is 0 Å². The Morgan fingerprint density at radius 1 is 1.64 bits per heavy atom. The van der Waals surface area contributed by atoms with Gasteiger partial charge in [-0.05, 0) is 33.7 Å². The number of carbonyl (C=O) groups is 1. The summed E-state index contributed by atoms with van der Waals surface area (Å²) in [5.41, 5.74) is -0.582. The van der Waals surface area contributed by atoms with E-state index in [0.29, 0.717) is 0 Å². The Morgan fingerprint density at radius 3 is 2.55 bits per heavy atom. The molecule has 2 unspecified atom stereocenters. The first kappa shape index (κ1) is 5.14. The second-order valence-electron chi connectivity index (χ2n) is 3.19. The van der Waals surface area contributed by atoms with Crippen molar-refractivity contribution in [3.05, 3.63) is 0 Å². The van der Waals surface area contributed by atoms with Crippen molar-refractivity contribution in [1.29, 1.82) is 0 Å². The van der Waals surface area contributed by atoms with Crippen molar-refractivity contribution in [1.82, 2.24) is 5.32 Å². The molecule has 0 rings (SSSR count). The Balaban J connectivity index is 4.65. The van der Waals surface area contributed by atoms with E-state index in [2.05, 4.69) is 5.32 Å². The molecule has 0 bridgehead atoms. The second kappa shape index (κ2) is 4.34. The standard InChI is InChI=1S/C8H17NO2/c1-8(2,3)9-6-4-5-7(10)11/h9H,4-6H2,1-3H3,(H,10,11)/i4D,5D,6D2. The van der Waals surface area contributed by atoms with Crippen molar-refractivity contribution >= 4 is 5.97 Å². The lowest BCUT2D eigenvalue weighted by molar-refractivity contribution is -0.137. The van der Waals surface area contributed by atoms with Crippen LogP contribution in [0.4, 0.5) is 0 Å². The van der Waals surface area contributed by atoms with Crippen LogP contribution < -0.4 is 5.32 Å². The van der Waals surface area contributed by atoms with E-state index >= 15 is 0 Å². The van der Waals surface area contributed by atoms with Gasteiger partial charge in [-0.1, -0.05) is 0 Å². The number of rotatable bonds is 4. The van der Waals surface area contributed by atoms with Gasteiger partial charge in [-0.3, -0.25) is 4.79 Å². The molecule has 11 heavy (non-hydrogen) atoms. The van der Waals surface area contributed by atoms with Crippen LogP contribution in [0, 0.1) is 0 Å². The minimum absolute atomic E-state index is 0.582. The van der Waals surface area contributed by atoms with Gasteiger partial charge in [-0.15, -0.1) is 0 Å². The molecular formula is C8H17NO2. The van der Waals surface area contributed by atoms with E-state index in [1.54, 1.807) is 20.8 Å². The zero-order chi connectivity index (χ0) is 12.4. The van der Waals surface area contributed by atoms with E-state index in [9.17, 15) is 4.79 Å². The fourth-order valence-corrected chi connectivity index (χ4v) is 0.371. The molecule has 0 aromatic heterocycles. The normalized spacial score (nSPS) is 23.9. The highest BCUT2D eigenvalue weighted by atomic mass is 16.4. The molecule has 0 heterocycles. The number of carboxylic acids is 1. The van der Waals surface area contributed by atoms with Crippen molar-refractivity contribution in [2.75, 3.05) is 6.50 Å². The first-order valence-electron chi connectivity index (χ1n) is 5.49. The average molecular weight is 163 g/mol. The van der Waals surface area contributed by atoms with Crippen molar-refractivity contribution in [3.8, 4) is 0 Å². The minimum Gasteiger partial charge on any atom is -0.481 e. The molecule has 0 aromatic carbocycles. The van der Waals surface area contributed by atoms with Gasteiger partial charge >= 0.3 is 5.97 Å². The molecule has 2 N–H and O–H groups in total. The van der Waals surface area contributed by atoms with Crippen LogP contribution in [0.25, 0.3) is 0 Å². The van der Waals surface area contributed by atoms with Crippen LogP contribution in [0.3, 0.4) is 0 Å². The van der Waals surface area contributed by atoms with E-state index in [0.717, 1.165) is 0 Å². The predicted molar refractivity (Wildman–Crippen MR) is 44.6 cm³/mol. The Morgan fingerprint density at radius 2 is 2.18 bits per heavy atom. The molecule has 0 aliphatic rings. The van der Waals surface area contributed by atoms with E-state index in [1.807, 2.05) is 0 Å². The molecule has 0 aliphatic heterocycles. The monoisotopic (exact) mass is 163 g/mol. The Hall–Kier alpha value is -0.570. The molecule has 0 aliphatic carbocycles. The Labute approximate surface area is 73.4 Å². The van der Waals surface area contributed by atoms with Crippen LogP contribution in [-0.4, -0.2) is 23.1 Å². The van der Waals surface area contributed by atoms with Gasteiger partial charge in [0.1, 0.15) is 0 Å². The lowest BCUT2D eigenvalue weighted by Gasteiger charge is -2.19. The van der Waals surface area contributed by atoms with Gasteiger partial charge in [-0.25, -0.2) is 0 Å². The fraction of sp³-hybridized carbons (Fsp3) is 0.875. The molecule has 66 valence electrons. The maximum atomic E-state index is 10.5. The highest BCUT2D eigenvalue weighted by molar-refractivity contribution is 5.66. The number of nitrogens with one attached hydrogen (secondary N) is 1. The summed E-state index contributed by atoms with van der Waals surface area (Å²) in [4.78, 5) is 10.5. The van der Waals surface area contributed by atoms with Gasteiger partial charge < -0.3 is 10.4 Å². The highest BCUT2D eigenvalue weighted by Crippen LogP contribution is 1.98. The lowest BCUT2D eigenvalue weighted by atomic mass is 10.1. The number of carboxylic acid groups (broad SMARTS) is 1. The molecular weight excluding hydrogens is 142 g/mol. The largest absolute Gasteiger partial charge is 0.481 e. The first-order valence-corrected chi connectivity index (χ1v) is 3.34. The topological polar surface area (TPSA) is 49.3 Å². The highest BCUT2D eigenvalue weighted by Gasteiger charge is 2.07. The molecule has 3 nitrogen and oxygen atoms in total. The first-order chi connectivity index (χ1) is 6.47. The van der Waals surface area contributed by atoms with Gasteiger partial charge in [0.2, 0.25) is 0 Å². The summed E-state index contributed by atoms with van der Waals surface area (Å²) in [5.74, 6) is -1.49. The van der Waals surface area contributed by atoms with E-state index in [1.165, 1.54) is 0 Å². The molecule has 0 radical (unpaired) electrons. The van der Waals surface area contributed by atoms with Crippen molar-refractivity contribution < 1.29 is 15.4 Å². The average Bonchev–Trinajstić information content (AvgIpc) is 1.96. The predicted octanol–water partition coefficient (Wildman–Crippen LogP) is 1.24. The molecule has 0 amide bonds. The van der Waals surface area contributed by atoms with Crippen LogP contribution in [0.2, 0.25) is 0 Å². The fourth-order valence-electron chi connectivity index (χ4n) is 0.371. The summed E-state index contributed by atoms with van der Waals surface area (Å²) < 4.78 is 29.5. The third kappa shape index (κ3) is 9.43. The van der Waals surface area contributed by atoms with Crippen molar-refractivity contribution in [2.45, 2.75) is 39.1 Å². The van der Waals surface area contributed by atoms with Crippen LogP contribution >= 0.6 is 0 Å². The van der Waals surface area contributed by atoms with Gasteiger partial charge in [0.15, 0.2) is 0 Å². The van der Waals surface area contributed by atoms with Gasteiger partial charge in [0.25, 0.3) is 0 Å². The maximum Gasteiger partial charge on any atom is 0.303 e. The number of aliphatic carboxylic acids is 1. The quantitative estimate of drug-likeness (QED) is 0.655. The Bertz CT molecular complexity index is 239. The van der Waals surface area contributed by atoms with E-state index in [4.69, 9.17) is 10.6 Å². The van der Waals surface area contributed by atoms with Crippen molar-refractivity contribution in [3.63, 3.8) is 0 Å². The molecule has 3 heteroatoms. The third-order valence-electron chi connectivity index (χ3n) is 0.756. The Kier molecular flexibility index (Phi) is 2.03. The summed E-state index contributed by atoms with van der Waals surface area (Å²) in [7, 11) is 0. The SMILES string of the molecule is [2H]C(C(=O)O)C([2H])C([2H])([2H])NC(C)(C)C. The maximum absolute atomic E-state index is 10.5. The minimum atomic E-state index is -2.21. The summed E-state index contributed by atoms with van der Waals surface area (Å²) >= 11 is 0. The molecule has 0 aromatic rings. The van der Waals surface area contributed by atoms with Crippen molar-refractivity contribution in [2.24, 2.45) is 0 Å². The third-order valence-corrected chi connectivity index (χ3v) is 0.756. The van der Waals surface area contributed by atoms with Crippen LogP contribution in [0.5, 0.6) is 0 Å². The molecule has 0 spiro atoms. The number of hydrogen-bond acceptors (Lipinski definition) is 2. The number of hydrogen-bond donors (Lipinski definition) is 2. The summed E-state index contributed by atoms with van der Waals surface area (Å²) in [6.45, 7) is 2.91. The van der Waals surface area contributed by atoms with E-state index < -0.39 is 30.8 Å². The molecule has 0 saturated carbocycles. The summed E-state index contributed by atoms with van der Waals surface area (Å²) in [5, 5.41) is 11.0. The zero-order valence-electron chi connectivity index (χ0n) is 11.0. The lowest BCUT2D eigenvalue weighted by Crippen LogP contribution is -2.36. The smallest absolute Gasteiger partial charge is 0.303 e. The van der Waals surface area contributed by atoms with Gasteiger partial charge in [0.05, 0.1) is 0 Å². The van der Waals surface area contributed by atoms with Crippen LogP contribution in [0.15, 0.2) is 0 Å². The van der Waals surface area contributed by atoms with Crippen LogP contribution in [-0.2, 0) is 4.79 Å². The summed E-state index contributed by atoms with van der Waals surface area (Å²) in [6.07, 6.45) is -3.47. The second-order valence-corrected chi connectivity index (χ2v) is 3.19. The molecule has 2 atom stereocenters. The molecule has 0 fully saturated rings.